The zero-order chi connectivity index (χ0) is 19.3. The number of aliphatic hydroxyl groups excluding tert-OH is 2. The molecule has 4 saturated carbocycles. The summed E-state index contributed by atoms with van der Waals surface area (Å²) in [5, 5.41) is 21.5. The maximum Gasteiger partial charge on any atom is 0.0841 e. The van der Waals surface area contributed by atoms with Gasteiger partial charge >= 0.3 is 0 Å². The van der Waals surface area contributed by atoms with Crippen molar-refractivity contribution in [1.82, 2.24) is 0 Å². The Morgan fingerprint density at radius 3 is 2.57 bits per heavy atom. The molecule has 5 rings (SSSR count). The van der Waals surface area contributed by atoms with Crippen molar-refractivity contribution in [3.63, 3.8) is 0 Å². The zero-order valence-corrected chi connectivity index (χ0v) is 17.2. The molecule has 0 spiro atoms. The van der Waals surface area contributed by atoms with Crippen molar-refractivity contribution in [2.45, 2.75) is 83.2 Å². The van der Waals surface area contributed by atoms with Crippen LogP contribution in [0.5, 0.6) is 0 Å². The Kier molecular flexibility index (Phi) is 5.05. The quantitative estimate of drug-likeness (QED) is 0.803. The Morgan fingerprint density at radius 2 is 1.75 bits per heavy atom. The minimum atomic E-state index is -0.328. The van der Waals surface area contributed by atoms with Crippen LogP contribution in [0.4, 0.5) is 0 Å². The summed E-state index contributed by atoms with van der Waals surface area (Å²) in [4.78, 5) is 0. The predicted octanol–water partition coefficient (Wildman–Crippen LogP) is 4.56. The van der Waals surface area contributed by atoms with Gasteiger partial charge in [0.1, 0.15) is 0 Å². The van der Waals surface area contributed by atoms with E-state index in [9.17, 15) is 10.2 Å². The third-order valence-electron chi connectivity index (χ3n) is 9.25. The van der Waals surface area contributed by atoms with E-state index < -0.39 is 0 Å². The molecule has 4 aliphatic carbocycles. The standard InChI is InChI=1S/C25H36O3/c1-25-12-11-18-19(21(25)9-10-24(25)27)8-7-17-13-23(22(26)14-20(17)18)28-15-16-5-3-2-4-6-16/h2-6,17-24,26-27H,7-15H2,1H3/t17?,18?,19?,20?,21?,22?,23?,24-,25-/m0/s1. The van der Waals surface area contributed by atoms with Crippen LogP contribution in [0.2, 0.25) is 0 Å². The molecule has 28 heavy (non-hydrogen) atoms. The van der Waals surface area contributed by atoms with Crippen molar-refractivity contribution < 1.29 is 14.9 Å². The molecule has 2 N–H and O–H groups in total. The summed E-state index contributed by atoms with van der Waals surface area (Å²) >= 11 is 0. The van der Waals surface area contributed by atoms with Crippen molar-refractivity contribution in [3.8, 4) is 0 Å². The SMILES string of the molecule is C[C@]12CCC3C4CC(O)C(OCc5ccccc5)CC4CCC3C1CC[C@@H]2O. The van der Waals surface area contributed by atoms with E-state index in [1.54, 1.807) is 0 Å². The fraction of sp³-hybridized carbons (Fsp3) is 0.760. The highest BCUT2D eigenvalue weighted by atomic mass is 16.5. The maximum atomic E-state index is 10.9. The Labute approximate surface area is 169 Å². The van der Waals surface area contributed by atoms with E-state index in [0.29, 0.717) is 24.4 Å². The molecule has 154 valence electrons. The number of fused-ring (bicyclic) bond motifs is 5. The number of aliphatic hydroxyl groups is 2. The minimum absolute atomic E-state index is 0.0137. The topological polar surface area (TPSA) is 49.7 Å². The molecule has 0 aliphatic heterocycles. The second-order valence-corrected chi connectivity index (χ2v) is 10.4. The molecule has 1 aromatic rings. The molecular weight excluding hydrogens is 348 g/mol. The maximum absolute atomic E-state index is 10.9. The van der Waals surface area contributed by atoms with E-state index >= 15 is 0 Å². The van der Waals surface area contributed by atoms with E-state index in [1.807, 2.05) is 18.2 Å². The van der Waals surface area contributed by atoms with Gasteiger partial charge in [0.15, 0.2) is 0 Å². The van der Waals surface area contributed by atoms with Gasteiger partial charge in [-0.3, -0.25) is 0 Å². The number of ether oxygens (including phenoxy) is 1. The van der Waals surface area contributed by atoms with Gasteiger partial charge in [-0.15, -0.1) is 0 Å². The molecule has 0 heterocycles. The molecule has 3 heteroatoms. The summed E-state index contributed by atoms with van der Waals surface area (Å²) in [6.07, 6.45) is 8.73. The van der Waals surface area contributed by atoms with E-state index in [4.69, 9.17) is 4.74 Å². The molecule has 3 nitrogen and oxygen atoms in total. The van der Waals surface area contributed by atoms with Crippen molar-refractivity contribution in [2.75, 3.05) is 0 Å². The molecule has 4 aliphatic rings. The molecule has 0 saturated heterocycles. The Morgan fingerprint density at radius 1 is 0.929 bits per heavy atom. The van der Waals surface area contributed by atoms with E-state index in [1.165, 1.54) is 37.7 Å². The average Bonchev–Trinajstić information content (AvgIpc) is 3.02. The monoisotopic (exact) mass is 384 g/mol. The molecule has 0 bridgehead atoms. The Hall–Kier alpha value is -0.900. The molecule has 4 fully saturated rings. The molecular formula is C25H36O3. The summed E-state index contributed by atoms with van der Waals surface area (Å²) in [6, 6.07) is 10.3. The van der Waals surface area contributed by atoms with Crippen molar-refractivity contribution in [3.05, 3.63) is 35.9 Å². The van der Waals surface area contributed by atoms with Gasteiger partial charge in [0.2, 0.25) is 0 Å². The summed E-state index contributed by atoms with van der Waals surface area (Å²) in [6.45, 7) is 2.95. The predicted molar refractivity (Wildman–Crippen MR) is 110 cm³/mol. The number of rotatable bonds is 3. The van der Waals surface area contributed by atoms with Gasteiger partial charge < -0.3 is 14.9 Å². The van der Waals surface area contributed by atoms with Crippen LogP contribution in [-0.2, 0) is 11.3 Å². The number of hydrogen-bond donors (Lipinski definition) is 2. The smallest absolute Gasteiger partial charge is 0.0841 e. The fourth-order valence-corrected chi connectivity index (χ4v) is 7.71. The molecule has 0 radical (unpaired) electrons. The van der Waals surface area contributed by atoms with E-state index in [2.05, 4.69) is 19.1 Å². The molecule has 1 aromatic carbocycles. The van der Waals surface area contributed by atoms with Crippen LogP contribution in [-0.4, -0.2) is 28.5 Å². The number of benzene rings is 1. The minimum Gasteiger partial charge on any atom is -0.393 e. The van der Waals surface area contributed by atoms with Gasteiger partial charge in [-0.1, -0.05) is 37.3 Å². The summed E-state index contributed by atoms with van der Waals surface area (Å²) < 4.78 is 6.18. The van der Waals surface area contributed by atoms with Gasteiger partial charge in [0, 0.05) is 0 Å². The van der Waals surface area contributed by atoms with Crippen LogP contribution in [0, 0.1) is 35.0 Å². The Bertz CT molecular complexity index is 676. The highest BCUT2D eigenvalue weighted by molar-refractivity contribution is 5.13. The molecule has 7 unspecified atom stereocenters. The second kappa shape index (κ2) is 7.41. The lowest BCUT2D eigenvalue weighted by molar-refractivity contribution is -0.138. The lowest BCUT2D eigenvalue weighted by Crippen LogP contribution is -2.52. The third kappa shape index (κ3) is 3.14. The Balaban J connectivity index is 1.25. The van der Waals surface area contributed by atoms with Gasteiger partial charge in [0.25, 0.3) is 0 Å². The normalized spacial score (nSPS) is 47.8. The summed E-state index contributed by atoms with van der Waals surface area (Å²) in [7, 11) is 0. The summed E-state index contributed by atoms with van der Waals surface area (Å²) in [5.41, 5.74) is 1.34. The van der Waals surface area contributed by atoms with Gasteiger partial charge in [-0.05, 0) is 91.9 Å². The average molecular weight is 385 g/mol. The first-order chi connectivity index (χ1) is 13.6. The van der Waals surface area contributed by atoms with Crippen molar-refractivity contribution in [2.24, 2.45) is 35.0 Å². The van der Waals surface area contributed by atoms with Gasteiger partial charge in [-0.2, -0.15) is 0 Å². The zero-order valence-electron chi connectivity index (χ0n) is 17.2. The van der Waals surface area contributed by atoms with Crippen LogP contribution < -0.4 is 0 Å². The van der Waals surface area contributed by atoms with Gasteiger partial charge in [0.05, 0.1) is 24.9 Å². The van der Waals surface area contributed by atoms with Crippen LogP contribution in [0.1, 0.15) is 63.9 Å². The molecule has 0 aromatic heterocycles. The first kappa shape index (κ1) is 19.1. The van der Waals surface area contributed by atoms with Crippen LogP contribution in [0.15, 0.2) is 30.3 Å². The fourth-order valence-electron chi connectivity index (χ4n) is 7.71. The lowest BCUT2D eigenvalue weighted by Gasteiger charge is -2.56. The van der Waals surface area contributed by atoms with Gasteiger partial charge in [-0.25, -0.2) is 0 Å². The van der Waals surface area contributed by atoms with E-state index in [-0.39, 0.29) is 23.7 Å². The van der Waals surface area contributed by atoms with Crippen molar-refractivity contribution in [1.29, 1.82) is 0 Å². The number of hydrogen-bond acceptors (Lipinski definition) is 3. The highest BCUT2D eigenvalue weighted by Crippen LogP contribution is 2.62. The largest absolute Gasteiger partial charge is 0.393 e. The van der Waals surface area contributed by atoms with Crippen LogP contribution in [0.25, 0.3) is 0 Å². The van der Waals surface area contributed by atoms with Crippen molar-refractivity contribution >= 4 is 0 Å². The summed E-state index contributed by atoms with van der Waals surface area (Å²) in [5.74, 6) is 3.60. The second-order valence-electron chi connectivity index (χ2n) is 10.4. The first-order valence-electron chi connectivity index (χ1n) is 11.6. The highest BCUT2D eigenvalue weighted by Gasteiger charge is 2.57. The third-order valence-corrected chi connectivity index (χ3v) is 9.25. The van der Waals surface area contributed by atoms with E-state index in [0.717, 1.165) is 31.1 Å². The molecule has 9 atom stereocenters. The van der Waals surface area contributed by atoms with Crippen LogP contribution in [0.3, 0.4) is 0 Å². The molecule has 0 amide bonds. The lowest BCUT2D eigenvalue weighted by atomic mass is 9.50. The first-order valence-corrected chi connectivity index (χ1v) is 11.6. The van der Waals surface area contributed by atoms with Crippen LogP contribution >= 0.6 is 0 Å².